The number of anilines is 2. The second-order valence-electron chi connectivity index (χ2n) is 8.54. The van der Waals surface area contributed by atoms with Crippen LogP contribution in [0, 0.1) is 11.2 Å². The lowest BCUT2D eigenvalue weighted by Gasteiger charge is -2.54. The van der Waals surface area contributed by atoms with Crippen LogP contribution in [0.3, 0.4) is 0 Å². The van der Waals surface area contributed by atoms with Crippen LogP contribution in [0.5, 0.6) is 0 Å². The molecule has 4 rings (SSSR count). The molecule has 2 fully saturated rings. The Morgan fingerprint density at radius 1 is 1.43 bits per heavy atom. The molecule has 2 aliphatic rings. The molecule has 150 valence electrons. The lowest BCUT2D eigenvalue weighted by molar-refractivity contribution is 0.00532. The predicted molar refractivity (Wildman–Crippen MR) is 104 cm³/mol. The van der Waals surface area contributed by atoms with Gasteiger partial charge in [-0.2, -0.15) is 4.98 Å². The molecule has 0 spiro atoms. The van der Waals surface area contributed by atoms with E-state index in [1.54, 1.807) is 4.90 Å². The lowest BCUT2D eigenvalue weighted by Crippen LogP contribution is -2.68. The number of nitrogens with zero attached hydrogens (tertiary/aromatic N) is 5. The van der Waals surface area contributed by atoms with Crippen LogP contribution in [0.15, 0.2) is 6.20 Å². The zero-order valence-electron chi connectivity index (χ0n) is 15.9. The predicted octanol–water partition coefficient (Wildman–Crippen LogP) is 3.15. The fourth-order valence-corrected chi connectivity index (χ4v) is 4.86. The van der Waals surface area contributed by atoms with Crippen LogP contribution in [-0.4, -0.2) is 55.7 Å². The van der Waals surface area contributed by atoms with Gasteiger partial charge < -0.3 is 15.7 Å². The van der Waals surface area contributed by atoms with Crippen molar-refractivity contribution in [1.82, 2.24) is 19.9 Å². The van der Waals surface area contributed by atoms with E-state index >= 15 is 0 Å². The lowest BCUT2D eigenvalue weighted by atomic mass is 9.71. The molecule has 2 unspecified atom stereocenters. The van der Waals surface area contributed by atoms with Gasteiger partial charge in [-0.1, -0.05) is 32.4 Å². The van der Waals surface area contributed by atoms with Gasteiger partial charge in [0.1, 0.15) is 11.3 Å². The van der Waals surface area contributed by atoms with E-state index < -0.39 is 17.4 Å². The summed E-state index contributed by atoms with van der Waals surface area (Å²) < 4.78 is 14.5. The third kappa shape index (κ3) is 2.56. The van der Waals surface area contributed by atoms with Gasteiger partial charge in [0.15, 0.2) is 11.0 Å². The van der Waals surface area contributed by atoms with E-state index in [2.05, 4.69) is 15.0 Å². The number of aromatic nitrogens is 3. The molecule has 0 saturated carbocycles. The van der Waals surface area contributed by atoms with Gasteiger partial charge in [0, 0.05) is 19.3 Å². The Balaban J connectivity index is 1.86. The minimum Gasteiger partial charge on any atom is -0.465 e. The van der Waals surface area contributed by atoms with Gasteiger partial charge in [0.25, 0.3) is 0 Å². The standard InChI is InChI=1S/C18H22ClFN6O2/c1-17(2,3)18-5-4-9(26(18)16(27)28)7-25(8-18)14-10-6-22-13(19)11(20)12(10)23-15(21)24-14/h6,9H,4-5,7-8H2,1-3H3,(H,27,28)(H2,21,23,24). The van der Waals surface area contributed by atoms with Gasteiger partial charge in [0.05, 0.1) is 17.0 Å². The van der Waals surface area contributed by atoms with Crippen molar-refractivity contribution in [2.45, 2.75) is 45.2 Å². The number of rotatable bonds is 1. The van der Waals surface area contributed by atoms with E-state index in [1.807, 2.05) is 25.7 Å². The van der Waals surface area contributed by atoms with Gasteiger partial charge in [0.2, 0.25) is 5.95 Å². The Bertz CT molecular complexity index is 981. The van der Waals surface area contributed by atoms with Crippen LogP contribution < -0.4 is 10.6 Å². The number of amides is 1. The maximum atomic E-state index is 14.5. The molecule has 2 bridgehead atoms. The molecule has 8 nitrogen and oxygen atoms in total. The van der Waals surface area contributed by atoms with Gasteiger partial charge >= 0.3 is 6.09 Å². The Labute approximate surface area is 166 Å². The van der Waals surface area contributed by atoms with Crippen LogP contribution in [0.4, 0.5) is 21.0 Å². The number of piperazine rings is 1. The van der Waals surface area contributed by atoms with Crippen LogP contribution in [0.2, 0.25) is 5.15 Å². The molecule has 2 atom stereocenters. The topological polar surface area (TPSA) is 108 Å². The normalized spacial score (nSPS) is 24.8. The van der Waals surface area contributed by atoms with Crippen LogP contribution in [-0.2, 0) is 0 Å². The van der Waals surface area contributed by atoms with Crippen LogP contribution in [0.1, 0.15) is 33.6 Å². The first-order chi connectivity index (χ1) is 13.0. The SMILES string of the molecule is CC(C)(C)C12CCC(CN(c3nc(N)nc4c(F)c(Cl)ncc34)C1)N2C(=O)O. The fourth-order valence-electron chi connectivity index (χ4n) is 4.72. The zero-order chi connectivity index (χ0) is 20.4. The summed E-state index contributed by atoms with van der Waals surface area (Å²) in [4.78, 5) is 27.9. The molecule has 0 radical (unpaired) electrons. The largest absolute Gasteiger partial charge is 0.465 e. The second-order valence-corrected chi connectivity index (χ2v) is 8.90. The molecular weight excluding hydrogens is 387 g/mol. The van der Waals surface area contributed by atoms with Crippen molar-refractivity contribution in [1.29, 1.82) is 0 Å². The molecule has 10 heteroatoms. The van der Waals surface area contributed by atoms with E-state index in [1.165, 1.54) is 6.20 Å². The minimum absolute atomic E-state index is 0.0142. The molecule has 3 N–H and O–H groups in total. The average molecular weight is 409 g/mol. The first-order valence-electron chi connectivity index (χ1n) is 9.09. The van der Waals surface area contributed by atoms with Crippen molar-refractivity contribution >= 4 is 40.4 Å². The third-order valence-corrected chi connectivity index (χ3v) is 6.41. The number of hydrogen-bond acceptors (Lipinski definition) is 6. The Kier molecular flexibility index (Phi) is 4.08. The van der Waals surface area contributed by atoms with Crippen molar-refractivity contribution in [3.63, 3.8) is 0 Å². The van der Waals surface area contributed by atoms with Crippen molar-refractivity contribution in [2.24, 2.45) is 5.41 Å². The van der Waals surface area contributed by atoms with Gasteiger partial charge in [-0.25, -0.2) is 19.2 Å². The van der Waals surface area contributed by atoms with Crippen LogP contribution in [0.25, 0.3) is 10.9 Å². The number of halogens is 2. The highest BCUT2D eigenvalue weighted by atomic mass is 35.5. The minimum atomic E-state index is -0.913. The summed E-state index contributed by atoms with van der Waals surface area (Å²) in [5, 5.41) is 10.0. The summed E-state index contributed by atoms with van der Waals surface area (Å²) in [7, 11) is 0. The average Bonchev–Trinajstić information content (AvgIpc) is 2.86. The Morgan fingerprint density at radius 2 is 2.14 bits per heavy atom. The first kappa shape index (κ1) is 18.9. The first-order valence-corrected chi connectivity index (χ1v) is 9.47. The molecule has 0 aromatic carbocycles. The summed E-state index contributed by atoms with van der Waals surface area (Å²) in [6.07, 6.45) is 2.03. The highest BCUT2D eigenvalue weighted by Crippen LogP contribution is 2.50. The number of carbonyl (C=O) groups is 1. The monoisotopic (exact) mass is 408 g/mol. The van der Waals surface area contributed by atoms with E-state index in [4.69, 9.17) is 17.3 Å². The number of nitrogens with two attached hydrogens (primary N) is 1. The van der Waals surface area contributed by atoms with E-state index in [-0.39, 0.29) is 28.1 Å². The second kappa shape index (κ2) is 6.04. The smallest absolute Gasteiger partial charge is 0.408 e. The number of fused-ring (bicyclic) bond motifs is 3. The number of nitrogen functional groups attached to an aromatic ring is 1. The molecule has 2 saturated heterocycles. The fraction of sp³-hybridized carbons (Fsp3) is 0.556. The number of hydrogen-bond donors (Lipinski definition) is 2. The van der Waals surface area contributed by atoms with Crippen LogP contribution >= 0.6 is 11.6 Å². The van der Waals surface area contributed by atoms with Crippen molar-refractivity contribution in [3.05, 3.63) is 17.2 Å². The maximum Gasteiger partial charge on any atom is 0.408 e. The number of carboxylic acid groups (broad SMARTS) is 1. The molecule has 2 aliphatic heterocycles. The van der Waals surface area contributed by atoms with Gasteiger partial charge in [-0.15, -0.1) is 0 Å². The quantitative estimate of drug-likeness (QED) is 0.697. The maximum absolute atomic E-state index is 14.5. The molecule has 2 aromatic rings. The van der Waals surface area contributed by atoms with E-state index in [0.29, 0.717) is 24.3 Å². The summed E-state index contributed by atoms with van der Waals surface area (Å²) in [6, 6.07) is -0.179. The summed E-state index contributed by atoms with van der Waals surface area (Å²) in [6.45, 7) is 7.00. The highest BCUT2D eigenvalue weighted by Gasteiger charge is 2.59. The Hall–Kier alpha value is -2.42. The van der Waals surface area contributed by atoms with Crippen molar-refractivity contribution < 1.29 is 14.3 Å². The molecule has 28 heavy (non-hydrogen) atoms. The number of pyridine rings is 1. The third-order valence-electron chi connectivity index (χ3n) is 6.14. The Morgan fingerprint density at radius 3 is 2.79 bits per heavy atom. The van der Waals surface area contributed by atoms with Gasteiger partial charge in [-0.3, -0.25) is 4.90 Å². The molecule has 4 heterocycles. The van der Waals surface area contributed by atoms with Gasteiger partial charge in [-0.05, 0) is 18.3 Å². The highest BCUT2D eigenvalue weighted by molar-refractivity contribution is 6.30. The molecule has 1 amide bonds. The van der Waals surface area contributed by atoms with Crippen molar-refractivity contribution in [3.8, 4) is 0 Å². The molecular formula is C18H22ClFN6O2. The van der Waals surface area contributed by atoms with E-state index in [0.717, 1.165) is 12.8 Å². The van der Waals surface area contributed by atoms with Crippen molar-refractivity contribution in [2.75, 3.05) is 23.7 Å². The van der Waals surface area contributed by atoms with E-state index in [9.17, 15) is 14.3 Å². The summed E-state index contributed by atoms with van der Waals surface area (Å²) >= 11 is 5.80. The molecule has 2 aromatic heterocycles. The summed E-state index contributed by atoms with van der Waals surface area (Å²) in [5.74, 6) is -0.357. The molecule has 0 aliphatic carbocycles. The summed E-state index contributed by atoms with van der Waals surface area (Å²) in [5.41, 5.74) is 4.96. The zero-order valence-corrected chi connectivity index (χ0v) is 16.7.